The zero-order chi connectivity index (χ0) is 37.4. The number of amides is 2. The zero-order valence-electron chi connectivity index (χ0n) is 30.9. The number of benzene rings is 1. The molecule has 2 aromatic heterocycles. The van der Waals surface area contributed by atoms with E-state index in [4.69, 9.17) is 19.5 Å². The number of fused-ring (bicyclic) bond motifs is 6. The Bertz CT molecular complexity index is 1940. The first-order valence-electron chi connectivity index (χ1n) is 18.1. The molecule has 4 heterocycles. The van der Waals surface area contributed by atoms with Gasteiger partial charge in [0.25, 0.3) is 11.8 Å². The second-order valence-corrected chi connectivity index (χ2v) is 15.6. The summed E-state index contributed by atoms with van der Waals surface area (Å²) >= 11 is 1.38. The molecule has 2 N–H and O–H groups in total. The van der Waals surface area contributed by atoms with E-state index in [2.05, 4.69) is 54.8 Å². The van der Waals surface area contributed by atoms with Gasteiger partial charge in [0.05, 0.1) is 34.8 Å². The van der Waals surface area contributed by atoms with Crippen LogP contribution in [0.15, 0.2) is 46.9 Å². The second kappa shape index (κ2) is 15.0. The number of hydrogen-bond donors (Lipinski definition) is 2. The summed E-state index contributed by atoms with van der Waals surface area (Å²) in [5.41, 5.74) is 6.88. The van der Waals surface area contributed by atoms with Gasteiger partial charge in [0.1, 0.15) is 12.1 Å². The Labute approximate surface area is 308 Å². The third-order valence-corrected chi connectivity index (χ3v) is 11.0. The van der Waals surface area contributed by atoms with Gasteiger partial charge in [0, 0.05) is 65.7 Å². The molecule has 1 saturated heterocycles. The summed E-state index contributed by atoms with van der Waals surface area (Å²) in [4.78, 5) is 50.0. The van der Waals surface area contributed by atoms with E-state index in [9.17, 15) is 18.8 Å². The molecule has 1 aromatic carbocycles. The number of nitrogens with one attached hydrogen (secondary N) is 2. The van der Waals surface area contributed by atoms with Gasteiger partial charge in [-0.25, -0.2) is 14.8 Å². The Kier molecular flexibility index (Phi) is 10.9. The molecular weight excluding hydrogens is 684 g/mol. The molecule has 52 heavy (non-hydrogen) atoms. The maximum atomic E-state index is 14.8. The minimum absolute atomic E-state index is 0.0720. The van der Waals surface area contributed by atoms with Crippen molar-refractivity contribution in [1.29, 1.82) is 0 Å². The van der Waals surface area contributed by atoms with Gasteiger partial charge in [-0.15, -0.1) is 11.3 Å². The first-order valence-corrected chi connectivity index (χ1v) is 18.9. The number of esters is 1. The van der Waals surface area contributed by atoms with Gasteiger partial charge >= 0.3 is 5.97 Å². The van der Waals surface area contributed by atoms with Gasteiger partial charge < -0.3 is 19.4 Å². The number of ether oxygens (including phenoxy) is 2. The number of aryl methyl sites for hydroxylation is 1. The lowest BCUT2D eigenvalue weighted by atomic mass is 9.84. The van der Waals surface area contributed by atoms with Crippen LogP contribution in [-0.2, 0) is 43.2 Å². The SMILES string of the molecule is C=C/C(=C(\N=C/C)[C@H](C)OC)c1c2c3cc(ccc3n1CC)-c1csc(n1)C[C@H](NC(=O)C1(F)CC1)C(=O)N1CCC[C@H](N1)C(=O)OCC(C)(C)C2. The van der Waals surface area contributed by atoms with Crippen molar-refractivity contribution in [1.82, 2.24) is 25.3 Å². The van der Waals surface area contributed by atoms with E-state index in [1.165, 1.54) is 16.3 Å². The molecular formula is C39H49FN6O5S. The lowest BCUT2D eigenvalue weighted by Crippen LogP contribution is -2.61. The zero-order valence-corrected chi connectivity index (χ0v) is 31.7. The molecule has 3 aliphatic rings. The number of allylic oxidation sites excluding steroid dienone is 2. The van der Waals surface area contributed by atoms with Crippen LogP contribution in [0.3, 0.4) is 0 Å². The maximum Gasteiger partial charge on any atom is 0.324 e. The number of hydrogen-bond acceptors (Lipinski definition) is 9. The third-order valence-electron chi connectivity index (χ3n) is 10.1. The van der Waals surface area contributed by atoms with Crippen LogP contribution in [0.1, 0.15) is 76.6 Å². The second-order valence-electron chi connectivity index (χ2n) is 14.7. The van der Waals surface area contributed by atoms with E-state index in [0.29, 0.717) is 37.4 Å². The van der Waals surface area contributed by atoms with Gasteiger partial charge in [-0.1, -0.05) is 32.6 Å². The number of thiazole rings is 1. The average molecular weight is 733 g/mol. The summed E-state index contributed by atoms with van der Waals surface area (Å²) in [7, 11) is 1.66. The van der Waals surface area contributed by atoms with Gasteiger partial charge in [0.2, 0.25) is 0 Å². The molecule has 0 unspecified atom stereocenters. The van der Waals surface area contributed by atoms with E-state index < -0.39 is 41.0 Å². The largest absolute Gasteiger partial charge is 0.464 e. The van der Waals surface area contributed by atoms with Crippen LogP contribution < -0.4 is 10.7 Å². The summed E-state index contributed by atoms with van der Waals surface area (Å²) in [5, 5.41) is 7.61. The van der Waals surface area contributed by atoms with Crippen molar-refractivity contribution in [3.05, 3.63) is 58.2 Å². The fourth-order valence-corrected chi connectivity index (χ4v) is 7.95. The standard InChI is InChI=1S/C39H49FN6O5S/c1-8-25(33(41-9-2)23(4)50-7)34-27-20-38(5,6)22-51-36(48)28-12-11-17-46(44-28)35(47)29(43-37(49)39(40)15-16-39)19-32-42-30(21-52-32)24-13-14-31(26(27)18-24)45(34)10-3/h8-9,13-14,18,21,23,28-29,44H,1,10-12,15-17,19-20,22H2,2-7H3,(H,43,49)/b33-25+,41-9-/t23-,28-,29-/m0/s1. The van der Waals surface area contributed by atoms with Crippen molar-refractivity contribution in [2.24, 2.45) is 10.4 Å². The number of halogens is 1. The number of alkyl halides is 1. The van der Waals surface area contributed by atoms with Crippen LogP contribution in [0.25, 0.3) is 27.7 Å². The monoisotopic (exact) mass is 732 g/mol. The highest BCUT2D eigenvalue weighted by molar-refractivity contribution is 7.10. The van der Waals surface area contributed by atoms with Crippen LogP contribution in [0.2, 0.25) is 0 Å². The Morgan fingerprint density at radius 1 is 1.33 bits per heavy atom. The fourth-order valence-electron chi connectivity index (χ4n) is 7.10. The highest BCUT2D eigenvalue weighted by Crippen LogP contribution is 2.41. The van der Waals surface area contributed by atoms with E-state index in [1.807, 2.05) is 31.4 Å². The molecule has 3 aromatic rings. The number of aliphatic imine (C=N–C) groups is 1. The van der Waals surface area contributed by atoms with Crippen LogP contribution in [0.4, 0.5) is 4.39 Å². The van der Waals surface area contributed by atoms with Gasteiger partial charge in [-0.05, 0) is 70.6 Å². The lowest BCUT2D eigenvalue weighted by molar-refractivity contribution is -0.155. The maximum absolute atomic E-state index is 14.8. The Morgan fingerprint density at radius 3 is 2.77 bits per heavy atom. The fraction of sp³-hybridized carbons (Fsp3) is 0.513. The first-order chi connectivity index (χ1) is 24.8. The van der Waals surface area contributed by atoms with Crippen molar-refractivity contribution in [2.75, 3.05) is 20.3 Å². The Hall–Kier alpha value is -4.20. The molecule has 1 aliphatic carbocycles. The van der Waals surface area contributed by atoms with Gasteiger partial charge in [-0.3, -0.25) is 24.4 Å². The molecule has 0 spiro atoms. The topological polar surface area (TPSA) is 127 Å². The summed E-state index contributed by atoms with van der Waals surface area (Å²) in [5.74, 6) is -1.71. The van der Waals surface area contributed by atoms with E-state index >= 15 is 0 Å². The molecule has 2 amide bonds. The minimum atomic E-state index is -1.96. The number of cyclic esters (lactones) is 1. The number of hydrazine groups is 1. The molecule has 2 fully saturated rings. The Morgan fingerprint density at radius 2 is 2.10 bits per heavy atom. The lowest BCUT2D eigenvalue weighted by Gasteiger charge is -2.35. The van der Waals surface area contributed by atoms with E-state index in [1.54, 1.807) is 13.3 Å². The molecule has 1 saturated carbocycles. The number of carbonyl (C=O) groups excluding carboxylic acids is 3. The molecule has 278 valence electrons. The third kappa shape index (κ3) is 7.49. The number of rotatable bonds is 8. The summed E-state index contributed by atoms with van der Waals surface area (Å²) in [6.07, 6.45) is 5.21. The number of nitrogens with zero attached hydrogens (tertiary/aromatic N) is 4. The normalized spacial score (nSPS) is 22.8. The molecule has 3 atom stereocenters. The summed E-state index contributed by atoms with van der Waals surface area (Å²) in [6, 6.07) is 4.43. The van der Waals surface area contributed by atoms with E-state index in [-0.39, 0.29) is 32.0 Å². The molecule has 6 rings (SSSR count). The van der Waals surface area contributed by atoms with Crippen LogP contribution >= 0.6 is 11.3 Å². The van der Waals surface area contributed by atoms with Crippen molar-refractivity contribution in [2.45, 2.75) is 104 Å². The quantitative estimate of drug-likeness (QED) is 0.166. The highest BCUT2D eigenvalue weighted by atomic mass is 32.1. The average Bonchev–Trinajstić information content (AvgIpc) is 3.61. The number of aromatic nitrogens is 2. The highest BCUT2D eigenvalue weighted by Gasteiger charge is 2.52. The predicted octanol–water partition coefficient (Wildman–Crippen LogP) is 5.96. The minimum Gasteiger partial charge on any atom is -0.464 e. The number of methoxy groups -OCH3 is 1. The summed E-state index contributed by atoms with van der Waals surface area (Å²) < 4.78 is 28.9. The van der Waals surface area contributed by atoms with Crippen LogP contribution in [0, 0.1) is 5.41 Å². The van der Waals surface area contributed by atoms with Gasteiger partial charge in [0.15, 0.2) is 5.67 Å². The first kappa shape index (κ1) is 37.6. The molecule has 0 radical (unpaired) electrons. The van der Waals surface area contributed by atoms with Crippen molar-refractivity contribution >= 4 is 51.8 Å². The molecule has 13 heteroatoms. The van der Waals surface area contributed by atoms with E-state index in [0.717, 1.165) is 44.7 Å². The van der Waals surface area contributed by atoms with Gasteiger partial charge in [-0.2, -0.15) is 0 Å². The van der Waals surface area contributed by atoms with Crippen molar-refractivity contribution in [3.63, 3.8) is 0 Å². The molecule has 6 bridgehead atoms. The smallest absolute Gasteiger partial charge is 0.324 e. The summed E-state index contributed by atoms with van der Waals surface area (Å²) in [6.45, 7) is 15.5. The predicted molar refractivity (Wildman–Crippen MR) is 201 cm³/mol. The molecule has 11 nitrogen and oxygen atoms in total. The van der Waals surface area contributed by atoms with Crippen LogP contribution in [0.5, 0.6) is 0 Å². The van der Waals surface area contributed by atoms with Crippen molar-refractivity contribution < 1.29 is 28.2 Å². The number of carbonyl (C=O) groups is 3. The van der Waals surface area contributed by atoms with Crippen molar-refractivity contribution in [3.8, 4) is 11.3 Å². The Balaban J connectivity index is 1.52. The van der Waals surface area contributed by atoms with Crippen LogP contribution in [-0.4, -0.2) is 82.7 Å². The molecule has 2 aliphatic heterocycles.